The van der Waals surface area contributed by atoms with E-state index in [1.165, 1.54) is 37.7 Å². The van der Waals surface area contributed by atoms with Gasteiger partial charge >= 0.3 is 0 Å². The van der Waals surface area contributed by atoms with Gasteiger partial charge in [-0.2, -0.15) is 5.10 Å². The molecule has 0 aromatic heterocycles. The second-order valence-electron chi connectivity index (χ2n) is 6.03. The SMILES string of the molecule is C(=NNCc1ccccc1)c1ccc(OC2CCCCC2)cc1. The summed E-state index contributed by atoms with van der Waals surface area (Å²) in [6.07, 6.45) is 8.55. The summed E-state index contributed by atoms with van der Waals surface area (Å²) in [6, 6.07) is 18.4. The molecular weight excluding hydrogens is 284 g/mol. The molecule has 23 heavy (non-hydrogen) atoms. The molecule has 0 amide bonds. The fraction of sp³-hybridized carbons (Fsp3) is 0.350. The molecule has 1 aliphatic carbocycles. The molecule has 3 rings (SSSR count). The molecule has 0 spiro atoms. The van der Waals surface area contributed by atoms with E-state index in [0.717, 1.165) is 17.9 Å². The molecule has 0 aliphatic heterocycles. The third-order valence-electron chi connectivity index (χ3n) is 4.17. The minimum atomic E-state index is 0.399. The number of rotatable bonds is 6. The van der Waals surface area contributed by atoms with Crippen molar-refractivity contribution in [3.8, 4) is 5.75 Å². The van der Waals surface area contributed by atoms with Gasteiger partial charge in [0.25, 0.3) is 0 Å². The molecule has 0 unspecified atom stereocenters. The number of hydrogen-bond donors (Lipinski definition) is 1. The summed E-state index contributed by atoms with van der Waals surface area (Å²) in [4.78, 5) is 0. The quantitative estimate of drug-likeness (QED) is 0.628. The van der Waals surface area contributed by atoms with Crippen molar-refractivity contribution in [3.05, 3.63) is 65.7 Å². The highest BCUT2D eigenvalue weighted by Gasteiger charge is 2.14. The first-order chi connectivity index (χ1) is 11.4. The van der Waals surface area contributed by atoms with Crippen LogP contribution in [0.25, 0.3) is 0 Å². The summed E-state index contributed by atoms with van der Waals surface area (Å²) in [5.74, 6) is 0.964. The van der Waals surface area contributed by atoms with Crippen molar-refractivity contribution >= 4 is 6.21 Å². The second kappa shape index (κ2) is 8.37. The Bertz CT molecular complexity index is 601. The Morgan fingerprint density at radius 3 is 2.43 bits per heavy atom. The van der Waals surface area contributed by atoms with E-state index in [4.69, 9.17) is 4.74 Å². The van der Waals surface area contributed by atoms with E-state index in [9.17, 15) is 0 Å². The van der Waals surface area contributed by atoms with Crippen LogP contribution in [-0.2, 0) is 6.54 Å². The monoisotopic (exact) mass is 308 g/mol. The van der Waals surface area contributed by atoms with Gasteiger partial charge in [-0.25, -0.2) is 0 Å². The van der Waals surface area contributed by atoms with Crippen molar-refractivity contribution in [1.29, 1.82) is 0 Å². The third-order valence-corrected chi connectivity index (χ3v) is 4.17. The topological polar surface area (TPSA) is 33.6 Å². The predicted molar refractivity (Wildman–Crippen MR) is 94.8 cm³/mol. The van der Waals surface area contributed by atoms with Gasteiger partial charge in [-0.1, -0.05) is 36.8 Å². The lowest BCUT2D eigenvalue weighted by Crippen LogP contribution is -2.19. The van der Waals surface area contributed by atoms with Crippen LogP contribution < -0.4 is 10.2 Å². The van der Waals surface area contributed by atoms with Gasteiger partial charge < -0.3 is 10.2 Å². The Kier molecular flexibility index (Phi) is 5.68. The zero-order valence-electron chi connectivity index (χ0n) is 13.4. The molecule has 0 bridgehead atoms. The molecule has 1 saturated carbocycles. The van der Waals surface area contributed by atoms with E-state index >= 15 is 0 Å². The van der Waals surface area contributed by atoms with Crippen LogP contribution in [0, 0.1) is 0 Å². The lowest BCUT2D eigenvalue weighted by molar-refractivity contribution is 0.155. The minimum absolute atomic E-state index is 0.399. The summed E-state index contributed by atoms with van der Waals surface area (Å²) >= 11 is 0. The molecule has 0 atom stereocenters. The first-order valence-corrected chi connectivity index (χ1v) is 8.47. The maximum absolute atomic E-state index is 6.03. The van der Waals surface area contributed by atoms with E-state index in [-0.39, 0.29) is 0 Å². The highest BCUT2D eigenvalue weighted by molar-refractivity contribution is 5.79. The van der Waals surface area contributed by atoms with Crippen LogP contribution in [0.1, 0.15) is 43.2 Å². The third kappa shape index (κ3) is 5.13. The number of hydrogen-bond acceptors (Lipinski definition) is 3. The molecule has 1 aliphatic rings. The van der Waals surface area contributed by atoms with Crippen LogP contribution in [0.15, 0.2) is 59.7 Å². The van der Waals surface area contributed by atoms with E-state index in [1.807, 2.05) is 48.7 Å². The fourth-order valence-corrected chi connectivity index (χ4v) is 2.86. The van der Waals surface area contributed by atoms with Crippen molar-refractivity contribution in [2.75, 3.05) is 0 Å². The maximum atomic E-state index is 6.03. The highest BCUT2D eigenvalue weighted by atomic mass is 16.5. The predicted octanol–water partition coefficient (Wildman–Crippen LogP) is 4.52. The van der Waals surface area contributed by atoms with Gasteiger partial charge in [0.05, 0.1) is 18.9 Å². The standard InChI is InChI=1S/C20H24N2O/c1-3-7-17(8-4-1)15-21-22-16-18-11-13-20(14-12-18)23-19-9-5-2-6-10-19/h1,3-4,7-8,11-14,16,19,21H,2,5-6,9-10,15H2. The summed E-state index contributed by atoms with van der Waals surface area (Å²) < 4.78 is 6.03. The highest BCUT2D eigenvalue weighted by Crippen LogP contribution is 2.23. The molecule has 3 heteroatoms. The van der Waals surface area contributed by atoms with Gasteiger partial charge in [-0.05, 0) is 61.1 Å². The van der Waals surface area contributed by atoms with Crippen LogP contribution in [0.2, 0.25) is 0 Å². The van der Waals surface area contributed by atoms with E-state index in [2.05, 4.69) is 22.7 Å². The van der Waals surface area contributed by atoms with Crippen molar-refractivity contribution < 1.29 is 4.74 Å². The van der Waals surface area contributed by atoms with Gasteiger partial charge in [0.15, 0.2) is 0 Å². The number of benzene rings is 2. The molecule has 0 heterocycles. The summed E-state index contributed by atoms with van der Waals surface area (Å²) in [5, 5.41) is 4.27. The second-order valence-corrected chi connectivity index (χ2v) is 6.03. The molecule has 1 N–H and O–H groups in total. The molecule has 2 aromatic rings. The summed E-state index contributed by atoms with van der Waals surface area (Å²) in [7, 11) is 0. The molecule has 0 saturated heterocycles. The van der Waals surface area contributed by atoms with E-state index in [0.29, 0.717) is 6.10 Å². The summed E-state index contributed by atoms with van der Waals surface area (Å²) in [5.41, 5.74) is 5.36. The molecule has 2 aromatic carbocycles. The van der Waals surface area contributed by atoms with Crippen LogP contribution in [0.4, 0.5) is 0 Å². The van der Waals surface area contributed by atoms with Crippen molar-refractivity contribution in [3.63, 3.8) is 0 Å². The molecule has 120 valence electrons. The van der Waals surface area contributed by atoms with Gasteiger partial charge in [-0.15, -0.1) is 0 Å². The van der Waals surface area contributed by atoms with Crippen LogP contribution in [0.3, 0.4) is 0 Å². The number of ether oxygens (including phenoxy) is 1. The Labute approximate surface area is 138 Å². The van der Waals surface area contributed by atoms with Crippen molar-refractivity contribution in [2.24, 2.45) is 5.10 Å². The largest absolute Gasteiger partial charge is 0.490 e. The Hall–Kier alpha value is -2.29. The lowest BCUT2D eigenvalue weighted by Gasteiger charge is -2.22. The number of nitrogens with one attached hydrogen (secondary N) is 1. The Morgan fingerprint density at radius 2 is 1.70 bits per heavy atom. The van der Waals surface area contributed by atoms with Crippen molar-refractivity contribution in [1.82, 2.24) is 5.43 Å². The average Bonchev–Trinajstić information content (AvgIpc) is 2.62. The average molecular weight is 308 g/mol. The van der Waals surface area contributed by atoms with Crippen LogP contribution in [-0.4, -0.2) is 12.3 Å². The molecular formula is C20H24N2O. The van der Waals surface area contributed by atoms with Gasteiger partial charge in [0.1, 0.15) is 5.75 Å². The molecule has 3 nitrogen and oxygen atoms in total. The molecule has 1 fully saturated rings. The number of hydrazone groups is 1. The zero-order chi connectivity index (χ0) is 15.7. The Morgan fingerprint density at radius 1 is 0.957 bits per heavy atom. The van der Waals surface area contributed by atoms with Gasteiger partial charge in [0.2, 0.25) is 0 Å². The minimum Gasteiger partial charge on any atom is -0.490 e. The van der Waals surface area contributed by atoms with E-state index in [1.54, 1.807) is 0 Å². The fourth-order valence-electron chi connectivity index (χ4n) is 2.86. The molecule has 0 radical (unpaired) electrons. The summed E-state index contributed by atoms with van der Waals surface area (Å²) in [6.45, 7) is 0.736. The van der Waals surface area contributed by atoms with Gasteiger partial charge in [0, 0.05) is 0 Å². The van der Waals surface area contributed by atoms with Gasteiger partial charge in [-0.3, -0.25) is 0 Å². The lowest BCUT2D eigenvalue weighted by atomic mass is 9.98. The van der Waals surface area contributed by atoms with Crippen molar-refractivity contribution in [2.45, 2.75) is 44.8 Å². The Balaban J connectivity index is 1.46. The number of nitrogens with zero attached hydrogens (tertiary/aromatic N) is 1. The van der Waals surface area contributed by atoms with E-state index < -0.39 is 0 Å². The maximum Gasteiger partial charge on any atom is 0.119 e. The first kappa shape index (κ1) is 15.6. The first-order valence-electron chi connectivity index (χ1n) is 8.47. The van der Waals surface area contributed by atoms with Crippen LogP contribution >= 0.6 is 0 Å². The smallest absolute Gasteiger partial charge is 0.119 e. The van der Waals surface area contributed by atoms with Crippen LogP contribution in [0.5, 0.6) is 5.75 Å². The zero-order valence-corrected chi connectivity index (χ0v) is 13.4. The normalized spacial score (nSPS) is 15.7.